The number of nitrogens with one attached hydrogen (secondary N) is 1. The molecule has 9 heavy (non-hydrogen) atoms. The summed E-state index contributed by atoms with van der Waals surface area (Å²) in [5.41, 5.74) is 1.41. The van der Waals surface area contributed by atoms with E-state index in [9.17, 15) is 0 Å². The summed E-state index contributed by atoms with van der Waals surface area (Å²) in [7, 11) is 1.98. The maximum atomic E-state index is 3.19. The molecule has 0 aromatic carbocycles. The third kappa shape index (κ3) is 1.42. The highest BCUT2D eigenvalue weighted by molar-refractivity contribution is 5.29. The highest BCUT2D eigenvalue weighted by atomic mass is 14.9. The smallest absolute Gasteiger partial charge is 0.0285 e. The molecule has 0 aromatic heterocycles. The van der Waals surface area contributed by atoms with E-state index in [2.05, 4.69) is 30.5 Å². The van der Waals surface area contributed by atoms with Crippen LogP contribution in [0, 0.1) is 0 Å². The highest BCUT2D eigenvalue weighted by Crippen LogP contribution is 2.11. The number of rotatable bonds is 2. The fourth-order valence-electron chi connectivity index (χ4n) is 0.964. The van der Waals surface area contributed by atoms with Crippen LogP contribution in [-0.4, -0.2) is 13.1 Å². The molecule has 0 saturated carbocycles. The lowest BCUT2D eigenvalue weighted by atomic mass is 10.1. The summed E-state index contributed by atoms with van der Waals surface area (Å²) in [5, 5.41) is 3.19. The van der Waals surface area contributed by atoms with E-state index in [1.807, 2.05) is 7.05 Å². The summed E-state index contributed by atoms with van der Waals surface area (Å²) in [4.78, 5) is 0. The first-order valence-corrected chi connectivity index (χ1v) is 3.38. The SMILES string of the molecule is CNC(C)C1=CCC=C1. The normalized spacial score (nSPS) is 20.0. The molecule has 0 spiro atoms. The predicted molar refractivity (Wildman–Crippen MR) is 40.4 cm³/mol. The Balaban J connectivity index is 2.51. The Hall–Kier alpha value is -0.560. The zero-order valence-electron chi connectivity index (χ0n) is 6.02. The van der Waals surface area contributed by atoms with E-state index in [4.69, 9.17) is 0 Å². The van der Waals surface area contributed by atoms with Crippen molar-refractivity contribution in [3.05, 3.63) is 23.8 Å². The maximum absolute atomic E-state index is 3.19. The number of likely N-dealkylation sites (N-methyl/N-ethyl adjacent to an activating group) is 1. The van der Waals surface area contributed by atoms with Gasteiger partial charge in [0.15, 0.2) is 0 Å². The van der Waals surface area contributed by atoms with Crippen molar-refractivity contribution in [2.24, 2.45) is 0 Å². The molecule has 1 aliphatic rings. The van der Waals surface area contributed by atoms with Crippen molar-refractivity contribution >= 4 is 0 Å². The Morgan fingerprint density at radius 1 is 1.67 bits per heavy atom. The topological polar surface area (TPSA) is 12.0 Å². The lowest BCUT2D eigenvalue weighted by Crippen LogP contribution is -2.21. The number of hydrogen-bond acceptors (Lipinski definition) is 1. The zero-order chi connectivity index (χ0) is 6.69. The summed E-state index contributed by atoms with van der Waals surface area (Å²) in [6.07, 6.45) is 7.73. The van der Waals surface area contributed by atoms with E-state index >= 15 is 0 Å². The molecule has 1 N–H and O–H groups in total. The van der Waals surface area contributed by atoms with E-state index in [0.29, 0.717) is 6.04 Å². The van der Waals surface area contributed by atoms with Gasteiger partial charge in [0.05, 0.1) is 0 Å². The van der Waals surface area contributed by atoms with Gasteiger partial charge in [-0.1, -0.05) is 18.2 Å². The molecule has 1 nitrogen and oxygen atoms in total. The summed E-state index contributed by atoms with van der Waals surface area (Å²) < 4.78 is 0. The van der Waals surface area contributed by atoms with Crippen LogP contribution in [0.15, 0.2) is 23.8 Å². The molecule has 1 atom stereocenters. The minimum atomic E-state index is 0.517. The van der Waals surface area contributed by atoms with E-state index in [0.717, 1.165) is 6.42 Å². The molecule has 1 heteroatoms. The van der Waals surface area contributed by atoms with Gasteiger partial charge in [0.2, 0.25) is 0 Å². The molecular formula is C8H13N. The lowest BCUT2D eigenvalue weighted by molar-refractivity contribution is 0.706. The fraction of sp³-hybridized carbons (Fsp3) is 0.500. The van der Waals surface area contributed by atoms with Gasteiger partial charge in [-0.3, -0.25) is 0 Å². The molecule has 0 bridgehead atoms. The number of hydrogen-bond donors (Lipinski definition) is 1. The van der Waals surface area contributed by atoms with Crippen molar-refractivity contribution in [3.8, 4) is 0 Å². The summed E-state index contributed by atoms with van der Waals surface area (Å²) in [6, 6.07) is 0.517. The van der Waals surface area contributed by atoms with Gasteiger partial charge in [0, 0.05) is 6.04 Å². The standard InChI is InChI=1S/C8H13N/c1-7(9-2)8-5-3-4-6-8/h3,5-7,9H,4H2,1-2H3. The minimum Gasteiger partial charge on any atom is -0.313 e. The van der Waals surface area contributed by atoms with Crippen molar-refractivity contribution in [2.75, 3.05) is 7.05 Å². The highest BCUT2D eigenvalue weighted by Gasteiger charge is 2.03. The van der Waals surface area contributed by atoms with Crippen molar-refractivity contribution in [1.29, 1.82) is 0 Å². The van der Waals surface area contributed by atoms with E-state index in [-0.39, 0.29) is 0 Å². The second-order valence-electron chi connectivity index (χ2n) is 2.35. The van der Waals surface area contributed by atoms with Gasteiger partial charge in [0.25, 0.3) is 0 Å². The molecule has 1 rings (SSSR count). The Morgan fingerprint density at radius 3 is 2.89 bits per heavy atom. The van der Waals surface area contributed by atoms with Crippen LogP contribution in [0.1, 0.15) is 13.3 Å². The van der Waals surface area contributed by atoms with Crippen LogP contribution < -0.4 is 5.32 Å². The largest absolute Gasteiger partial charge is 0.313 e. The molecule has 0 heterocycles. The molecule has 0 saturated heterocycles. The average Bonchev–Trinajstić information content (AvgIpc) is 2.37. The molecule has 0 aliphatic heterocycles. The van der Waals surface area contributed by atoms with Gasteiger partial charge >= 0.3 is 0 Å². The Labute approximate surface area is 56.5 Å². The summed E-state index contributed by atoms with van der Waals surface area (Å²) in [5.74, 6) is 0. The summed E-state index contributed by atoms with van der Waals surface area (Å²) in [6.45, 7) is 2.17. The van der Waals surface area contributed by atoms with Gasteiger partial charge in [-0.05, 0) is 26.0 Å². The Kier molecular flexibility index (Phi) is 2.06. The van der Waals surface area contributed by atoms with Crippen LogP contribution in [0.3, 0.4) is 0 Å². The molecule has 0 radical (unpaired) electrons. The van der Waals surface area contributed by atoms with Gasteiger partial charge in [0.1, 0.15) is 0 Å². The fourth-order valence-corrected chi connectivity index (χ4v) is 0.964. The number of allylic oxidation sites excluding steroid dienone is 2. The Bertz CT molecular complexity index is 145. The third-order valence-electron chi connectivity index (χ3n) is 1.73. The first-order valence-electron chi connectivity index (χ1n) is 3.38. The second-order valence-corrected chi connectivity index (χ2v) is 2.35. The first kappa shape index (κ1) is 6.56. The van der Waals surface area contributed by atoms with E-state index in [1.165, 1.54) is 5.57 Å². The van der Waals surface area contributed by atoms with Crippen molar-refractivity contribution in [3.63, 3.8) is 0 Å². The molecule has 0 amide bonds. The van der Waals surface area contributed by atoms with Crippen LogP contribution in [0.2, 0.25) is 0 Å². The van der Waals surface area contributed by atoms with Gasteiger partial charge in [-0.15, -0.1) is 0 Å². The van der Waals surface area contributed by atoms with Gasteiger partial charge < -0.3 is 5.32 Å². The van der Waals surface area contributed by atoms with Crippen LogP contribution in [0.25, 0.3) is 0 Å². The van der Waals surface area contributed by atoms with E-state index in [1.54, 1.807) is 0 Å². The first-order chi connectivity index (χ1) is 4.34. The van der Waals surface area contributed by atoms with Gasteiger partial charge in [-0.2, -0.15) is 0 Å². The third-order valence-corrected chi connectivity index (χ3v) is 1.73. The van der Waals surface area contributed by atoms with Crippen LogP contribution in [0.4, 0.5) is 0 Å². The summed E-state index contributed by atoms with van der Waals surface area (Å²) >= 11 is 0. The van der Waals surface area contributed by atoms with Crippen molar-refractivity contribution in [2.45, 2.75) is 19.4 Å². The predicted octanol–water partition coefficient (Wildman–Crippen LogP) is 1.48. The second kappa shape index (κ2) is 2.83. The quantitative estimate of drug-likeness (QED) is 0.586. The monoisotopic (exact) mass is 123 g/mol. The van der Waals surface area contributed by atoms with Crippen LogP contribution >= 0.6 is 0 Å². The van der Waals surface area contributed by atoms with Crippen LogP contribution in [0.5, 0.6) is 0 Å². The van der Waals surface area contributed by atoms with Crippen LogP contribution in [-0.2, 0) is 0 Å². The molecule has 1 unspecified atom stereocenters. The van der Waals surface area contributed by atoms with Gasteiger partial charge in [-0.25, -0.2) is 0 Å². The average molecular weight is 123 g/mol. The van der Waals surface area contributed by atoms with Crippen molar-refractivity contribution < 1.29 is 0 Å². The molecule has 0 aromatic rings. The zero-order valence-corrected chi connectivity index (χ0v) is 6.02. The molecular weight excluding hydrogens is 110 g/mol. The van der Waals surface area contributed by atoms with E-state index < -0.39 is 0 Å². The van der Waals surface area contributed by atoms with Crippen molar-refractivity contribution in [1.82, 2.24) is 5.32 Å². The maximum Gasteiger partial charge on any atom is 0.0285 e. The minimum absolute atomic E-state index is 0.517. The Morgan fingerprint density at radius 2 is 2.44 bits per heavy atom. The molecule has 1 aliphatic carbocycles. The lowest BCUT2D eigenvalue weighted by Gasteiger charge is -2.08. The molecule has 0 fully saturated rings. The molecule has 50 valence electrons.